The number of allylic oxidation sites excluding steroid dienone is 2. The van der Waals surface area contributed by atoms with Gasteiger partial charge < -0.3 is 14.8 Å². The van der Waals surface area contributed by atoms with Gasteiger partial charge in [0.05, 0.1) is 14.2 Å². The lowest BCUT2D eigenvalue weighted by atomic mass is 9.74. The number of hydrogen-bond donors (Lipinski definition) is 1. The van der Waals surface area contributed by atoms with Crippen LogP contribution in [0, 0.1) is 0 Å². The number of nitrogens with one attached hydrogen (secondary N) is 1. The fraction of sp³-hybridized carbons (Fsp3) is 0.333. The molecule has 1 N–H and O–H groups in total. The second-order valence-corrected chi connectivity index (χ2v) is 7.80. The molecule has 2 atom stereocenters. The molecule has 0 saturated heterocycles. The Balaban J connectivity index is 1.78. The third-order valence-corrected chi connectivity index (χ3v) is 6.33. The van der Waals surface area contributed by atoms with Crippen LogP contribution < -0.4 is 14.8 Å². The summed E-state index contributed by atoms with van der Waals surface area (Å²) in [4.78, 5) is 26.7. The van der Waals surface area contributed by atoms with Crippen LogP contribution in [-0.2, 0) is 9.59 Å². The van der Waals surface area contributed by atoms with E-state index in [0.717, 1.165) is 11.3 Å². The Morgan fingerprint density at radius 2 is 1.89 bits per heavy atom. The fourth-order valence-corrected chi connectivity index (χ4v) is 4.97. The van der Waals surface area contributed by atoms with Crippen LogP contribution in [0.4, 0.5) is 0 Å². The summed E-state index contributed by atoms with van der Waals surface area (Å²) in [6, 6.07) is 9.65. The van der Waals surface area contributed by atoms with E-state index in [0.29, 0.717) is 29.9 Å². The molecule has 140 valence electrons. The van der Waals surface area contributed by atoms with E-state index in [1.807, 2.05) is 29.6 Å². The van der Waals surface area contributed by atoms with E-state index < -0.39 is 0 Å². The van der Waals surface area contributed by atoms with Crippen molar-refractivity contribution in [2.45, 2.75) is 31.1 Å². The number of methoxy groups -OCH3 is 2. The maximum absolute atomic E-state index is 13.1. The molecule has 6 heteroatoms. The predicted octanol–water partition coefficient (Wildman–Crippen LogP) is 3.77. The smallest absolute Gasteiger partial charge is 0.225 e. The number of ketones is 1. The van der Waals surface area contributed by atoms with Crippen molar-refractivity contribution in [1.29, 1.82) is 0 Å². The van der Waals surface area contributed by atoms with Gasteiger partial charge in [-0.1, -0.05) is 18.2 Å². The van der Waals surface area contributed by atoms with Crippen LogP contribution in [0.25, 0.3) is 0 Å². The minimum atomic E-state index is -0.310. The maximum Gasteiger partial charge on any atom is 0.225 e. The van der Waals surface area contributed by atoms with Crippen LogP contribution in [0.1, 0.15) is 41.5 Å². The summed E-state index contributed by atoms with van der Waals surface area (Å²) in [6.07, 6.45) is 1.38. The number of ether oxygens (including phenoxy) is 2. The number of benzene rings is 1. The van der Waals surface area contributed by atoms with E-state index >= 15 is 0 Å². The van der Waals surface area contributed by atoms with Gasteiger partial charge in [-0.2, -0.15) is 0 Å². The molecule has 2 aromatic rings. The SMILES string of the molecule is COc1cccc([C@@H]2CC(=O)NC3=C2C(=O)C[C@H](c2cccs2)C3)c1OC. The van der Waals surface area contributed by atoms with Gasteiger partial charge in [0.2, 0.25) is 5.91 Å². The normalized spacial score (nSPS) is 22.3. The Kier molecular flexibility index (Phi) is 4.74. The van der Waals surface area contributed by atoms with Crippen LogP contribution in [0.15, 0.2) is 47.0 Å². The topological polar surface area (TPSA) is 64.6 Å². The third-order valence-electron chi connectivity index (χ3n) is 5.29. The molecule has 5 nitrogen and oxygen atoms in total. The first-order valence-corrected chi connectivity index (χ1v) is 9.80. The highest BCUT2D eigenvalue weighted by Gasteiger charge is 2.39. The summed E-state index contributed by atoms with van der Waals surface area (Å²) in [5, 5.41) is 4.98. The Labute approximate surface area is 162 Å². The van der Waals surface area contributed by atoms with Crippen molar-refractivity contribution < 1.29 is 19.1 Å². The summed E-state index contributed by atoms with van der Waals surface area (Å²) >= 11 is 1.66. The van der Waals surface area contributed by atoms with Crippen molar-refractivity contribution in [3.05, 3.63) is 57.4 Å². The van der Waals surface area contributed by atoms with E-state index in [-0.39, 0.29) is 29.9 Å². The average Bonchev–Trinajstić information content (AvgIpc) is 3.21. The second-order valence-electron chi connectivity index (χ2n) is 6.82. The Morgan fingerprint density at radius 3 is 2.59 bits per heavy atom. The highest BCUT2D eigenvalue weighted by atomic mass is 32.1. The van der Waals surface area contributed by atoms with Crippen LogP contribution in [0.5, 0.6) is 11.5 Å². The van der Waals surface area contributed by atoms with Gasteiger partial charge in [-0.25, -0.2) is 0 Å². The molecule has 0 unspecified atom stereocenters. The van der Waals surface area contributed by atoms with Crippen molar-refractivity contribution in [1.82, 2.24) is 5.32 Å². The monoisotopic (exact) mass is 383 g/mol. The van der Waals surface area contributed by atoms with Crippen molar-refractivity contribution in [2.75, 3.05) is 14.2 Å². The summed E-state index contributed by atoms with van der Waals surface area (Å²) in [6.45, 7) is 0. The minimum Gasteiger partial charge on any atom is -0.493 e. The molecule has 1 amide bonds. The number of para-hydroxylation sites is 1. The van der Waals surface area contributed by atoms with E-state index in [9.17, 15) is 9.59 Å². The second kappa shape index (κ2) is 7.19. The molecule has 2 heterocycles. The first-order valence-electron chi connectivity index (χ1n) is 8.92. The van der Waals surface area contributed by atoms with Crippen molar-refractivity contribution in [3.8, 4) is 11.5 Å². The standard InChI is InChI=1S/C21H21NO4S/c1-25-17-6-3-5-13(21(17)26-2)14-11-19(24)22-15-9-12(10-16(23)20(14)15)18-7-4-8-27-18/h3-8,12,14H,9-11H2,1-2H3,(H,22,24)/t12-,14+/m1/s1. The first kappa shape index (κ1) is 17.8. The van der Waals surface area contributed by atoms with Crippen LogP contribution in [0.2, 0.25) is 0 Å². The minimum absolute atomic E-state index is 0.0664. The molecule has 1 aromatic carbocycles. The molecule has 4 rings (SSSR count). The molecule has 0 spiro atoms. The van der Waals surface area contributed by atoms with Crippen LogP contribution >= 0.6 is 11.3 Å². The van der Waals surface area contributed by atoms with Gasteiger partial charge in [0.25, 0.3) is 0 Å². The van der Waals surface area contributed by atoms with Gasteiger partial charge in [0, 0.05) is 46.4 Å². The molecule has 2 aliphatic rings. The summed E-state index contributed by atoms with van der Waals surface area (Å²) < 4.78 is 11.0. The lowest BCUT2D eigenvalue weighted by Gasteiger charge is -2.34. The highest BCUT2D eigenvalue weighted by Crippen LogP contribution is 2.46. The molecule has 1 aliphatic heterocycles. The van der Waals surface area contributed by atoms with Crippen molar-refractivity contribution in [3.63, 3.8) is 0 Å². The Morgan fingerprint density at radius 1 is 1.04 bits per heavy atom. The largest absolute Gasteiger partial charge is 0.493 e. The van der Waals surface area contributed by atoms with Gasteiger partial charge in [-0.05, 0) is 23.9 Å². The maximum atomic E-state index is 13.1. The van der Waals surface area contributed by atoms with Gasteiger partial charge in [-0.3, -0.25) is 9.59 Å². The van der Waals surface area contributed by atoms with Crippen molar-refractivity contribution in [2.24, 2.45) is 0 Å². The van der Waals surface area contributed by atoms with E-state index in [1.165, 1.54) is 4.88 Å². The zero-order valence-electron chi connectivity index (χ0n) is 15.3. The Bertz CT molecular complexity index is 916. The van der Waals surface area contributed by atoms with Gasteiger partial charge in [0.15, 0.2) is 17.3 Å². The van der Waals surface area contributed by atoms with Crippen LogP contribution in [-0.4, -0.2) is 25.9 Å². The summed E-state index contributed by atoms with van der Waals surface area (Å²) in [5.74, 6) is 1.04. The van der Waals surface area contributed by atoms with Crippen LogP contribution in [0.3, 0.4) is 0 Å². The molecule has 0 saturated carbocycles. The number of Topliss-reactive ketones (excluding diaryl/α,β-unsaturated/α-hetero) is 1. The third kappa shape index (κ3) is 3.14. The molecular formula is C21H21NO4S. The van der Waals surface area contributed by atoms with Gasteiger partial charge in [-0.15, -0.1) is 11.3 Å². The quantitative estimate of drug-likeness (QED) is 0.873. The molecule has 1 aliphatic carbocycles. The lowest BCUT2D eigenvalue weighted by molar-refractivity contribution is -0.122. The number of hydrogen-bond acceptors (Lipinski definition) is 5. The molecule has 0 fully saturated rings. The van der Waals surface area contributed by atoms with Gasteiger partial charge >= 0.3 is 0 Å². The summed E-state index contributed by atoms with van der Waals surface area (Å²) in [7, 11) is 3.16. The molecule has 0 radical (unpaired) electrons. The number of rotatable bonds is 4. The van der Waals surface area contributed by atoms with E-state index in [2.05, 4.69) is 11.4 Å². The predicted molar refractivity (Wildman–Crippen MR) is 103 cm³/mol. The average molecular weight is 383 g/mol. The summed E-state index contributed by atoms with van der Waals surface area (Å²) in [5.41, 5.74) is 2.30. The zero-order chi connectivity index (χ0) is 19.0. The number of carbonyl (C=O) groups excluding carboxylic acids is 2. The first-order chi connectivity index (χ1) is 13.1. The number of carbonyl (C=O) groups is 2. The highest BCUT2D eigenvalue weighted by molar-refractivity contribution is 7.10. The number of thiophene rings is 1. The Hall–Kier alpha value is -2.60. The molecule has 1 aromatic heterocycles. The molecule has 27 heavy (non-hydrogen) atoms. The lowest BCUT2D eigenvalue weighted by Crippen LogP contribution is -2.38. The van der Waals surface area contributed by atoms with E-state index in [4.69, 9.17) is 9.47 Å². The zero-order valence-corrected chi connectivity index (χ0v) is 16.1. The van der Waals surface area contributed by atoms with E-state index in [1.54, 1.807) is 25.6 Å². The number of amides is 1. The molecular weight excluding hydrogens is 362 g/mol. The molecule has 0 bridgehead atoms. The van der Waals surface area contributed by atoms with Gasteiger partial charge in [0.1, 0.15) is 0 Å². The fourth-order valence-electron chi connectivity index (χ4n) is 4.14. The van der Waals surface area contributed by atoms with Crippen molar-refractivity contribution >= 4 is 23.0 Å².